The summed E-state index contributed by atoms with van der Waals surface area (Å²) in [6.07, 6.45) is 21.0. The first-order valence-corrected chi connectivity index (χ1v) is 20.7. The number of hydrogen-bond donors (Lipinski definition) is 8. The van der Waals surface area contributed by atoms with Crippen molar-refractivity contribution in [2.45, 2.75) is 217 Å². The second-order valence-electron chi connectivity index (χ2n) is 14.7. The number of carbonyl (C=O) groups is 1. The SMILES string of the molecule is CCCC/C=C\CCCCCCC(O)C(=O)NC(COC1OC(CO)C(O)C(O)C1O)C(O)C(O)CCC/C=C/CCCCCCCCCCCC. The Morgan fingerprint density at radius 3 is 1.71 bits per heavy atom. The molecular weight excluding hydrogens is 666 g/mol. The second kappa shape index (κ2) is 31.9. The molecule has 0 aliphatic carbocycles. The zero-order valence-corrected chi connectivity index (χ0v) is 32.5. The average molecular weight is 744 g/mol. The van der Waals surface area contributed by atoms with Crippen molar-refractivity contribution in [3.05, 3.63) is 24.3 Å². The fraction of sp³-hybridized carbons (Fsp3) is 0.878. The highest BCUT2D eigenvalue weighted by atomic mass is 16.7. The van der Waals surface area contributed by atoms with Gasteiger partial charge in [0.1, 0.15) is 36.6 Å². The molecule has 0 aromatic rings. The Balaban J connectivity index is 2.56. The van der Waals surface area contributed by atoms with Crippen LogP contribution in [0, 0.1) is 0 Å². The zero-order valence-electron chi connectivity index (χ0n) is 32.5. The van der Waals surface area contributed by atoms with E-state index >= 15 is 0 Å². The van der Waals surface area contributed by atoms with Gasteiger partial charge in [0.25, 0.3) is 0 Å². The fourth-order valence-electron chi connectivity index (χ4n) is 6.42. The zero-order chi connectivity index (χ0) is 38.4. The summed E-state index contributed by atoms with van der Waals surface area (Å²) in [5.41, 5.74) is 0. The van der Waals surface area contributed by atoms with Crippen molar-refractivity contribution in [1.82, 2.24) is 5.32 Å². The van der Waals surface area contributed by atoms with Gasteiger partial charge in [-0.2, -0.15) is 0 Å². The van der Waals surface area contributed by atoms with E-state index in [2.05, 4.69) is 43.5 Å². The molecule has 1 heterocycles. The number of carbonyl (C=O) groups excluding carboxylic acids is 1. The van der Waals surface area contributed by atoms with Crippen LogP contribution in [0.2, 0.25) is 0 Å². The van der Waals surface area contributed by atoms with Crippen LogP contribution in [0.5, 0.6) is 0 Å². The molecule has 0 saturated carbocycles. The number of nitrogens with one attached hydrogen (secondary N) is 1. The van der Waals surface area contributed by atoms with Crippen molar-refractivity contribution in [2.24, 2.45) is 0 Å². The molecule has 11 nitrogen and oxygen atoms in total. The molecule has 0 aromatic heterocycles. The molecule has 1 fully saturated rings. The Hall–Kier alpha value is -1.41. The highest BCUT2D eigenvalue weighted by molar-refractivity contribution is 5.80. The lowest BCUT2D eigenvalue weighted by molar-refractivity contribution is -0.303. The molecule has 1 aliphatic rings. The summed E-state index contributed by atoms with van der Waals surface area (Å²) < 4.78 is 11.0. The third-order valence-electron chi connectivity index (χ3n) is 9.98. The largest absolute Gasteiger partial charge is 0.394 e. The number of amides is 1. The molecular formula is C41H77NO10. The van der Waals surface area contributed by atoms with E-state index in [0.29, 0.717) is 12.8 Å². The van der Waals surface area contributed by atoms with Crippen LogP contribution in [-0.4, -0.2) is 110 Å². The Labute approximate surface area is 314 Å². The van der Waals surface area contributed by atoms with E-state index < -0.39 is 74.2 Å². The minimum Gasteiger partial charge on any atom is -0.394 e. The summed E-state index contributed by atoms with van der Waals surface area (Å²) in [6.45, 7) is 3.34. The van der Waals surface area contributed by atoms with Crippen LogP contribution in [0.25, 0.3) is 0 Å². The van der Waals surface area contributed by atoms with Gasteiger partial charge in [-0.05, 0) is 57.8 Å². The van der Waals surface area contributed by atoms with Crippen molar-refractivity contribution in [3.8, 4) is 0 Å². The molecule has 11 heteroatoms. The summed E-state index contributed by atoms with van der Waals surface area (Å²) in [7, 11) is 0. The minimum atomic E-state index is -1.67. The van der Waals surface area contributed by atoms with Crippen molar-refractivity contribution in [2.75, 3.05) is 13.2 Å². The van der Waals surface area contributed by atoms with Crippen molar-refractivity contribution < 1.29 is 50.0 Å². The lowest BCUT2D eigenvalue weighted by Gasteiger charge is -2.40. The van der Waals surface area contributed by atoms with Crippen LogP contribution in [0.3, 0.4) is 0 Å². The Morgan fingerprint density at radius 1 is 0.654 bits per heavy atom. The number of ether oxygens (including phenoxy) is 2. The summed E-state index contributed by atoms with van der Waals surface area (Å²) in [4.78, 5) is 13.0. The summed E-state index contributed by atoms with van der Waals surface area (Å²) in [5.74, 6) is -0.720. The number of hydrogen-bond acceptors (Lipinski definition) is 10. The fourth-order valence-corrected chi connectivity index (χ4v) is 6.42. The average Bonchev–Trinajstić information content (AvgIpc) is 3.14. The Morgan fingerprint density at radius 2 is 1.15 bits per heavy atom. The molecule has 1 saturated heterocycles. The lowest BCUT2D eigenvalue weighted by Crippen LogP contribution is -2.60. The maximum absolute atomic E-state index is 13.0. The van der Waals surface area contributed by atoms with E-state index in [1.165, 1.54) is 70.6 Å². The maximum atomic E-state index is 13.0. The number of allylic oxidation sites excluding steroid dienone is 4. The van der Waals surface area contributed by atoms with Crippen LogP contribution in [-0.2, 0) is 14.3 Å². The van der Waals surface area contributed by atoms with E-state index in [4.69, 9.17) is 9.47 Å². The lowest BCUT2D eigenvalue weighted by atomic mass is 9.98. The Kier molecular flexibility index (Phi) is 29.8. The molecule has 0 spiro atoms. The highest BCUT2D eigenvalue weighted by Crippen LogP contribution is 2.23. The van der Waals surface area contributed by atoms with E-state index in [1.54, 1.807) is 0 Å². The molecule has 52 heavy (non-hydrogen) atoms. The third-order valence-corrected chi connectivity index (χ3v) is 9.98. The van der Waals surface area contributed by atoms with Gasteiger partial charge in [-0.3, -0.25) is 4.79 Å². The topological polar surface area (TPSA) is 189 Å². The van der Waals surface area contributed by atoms with Gasteiger partial charge in [-0.15, -0.1) is 0 Å². The van der Waals surface area contributed by atoms with Gasteiger partial charge in [-0.1, -0.05) is 128 Å². The smallest absolute Gasteiger partial charge is 0.249 e. The monoisotopic (exact) mass is 744 g/mol. The molecule has 8 N–H and O–H groups in total. The number of aliphatic hydroxyl groups excluding tert-OH is 7. The minimum absolute atomic E-state index is 0.239. The summed E-state index contributed by atoms with van der Waals surface area (Å²) in [5, 5.41) is 75.2. The van der Waals surface area contributed by atoms with Crippen molar-refractivity contribution in [3.63, 3.8) is 0 Å². The normalized spacial score (nSPS) is 23.3. The number of unbranched alkanes of at least 4 members (excludes halogenated alkanes) is 17. The van der Waals surface area contributed by atoms with Crippen molar-refractivity contribution >= 4 is 5.91 Å². The number of aliphatic hydroxyl groups is 7. The van der Waals surface area contributed by atoms with Crippen molar-refractivity contribution in [1.29, 1.82) is 0 Å². The highest BCUT2D eigenvalue weighted by Gasteiger charge is 2.44. The van der Waals surface area contributed by atoms with Crippen LogP contribution in [0.4, 0.5) is 0 Å². The van der Waals surface area contributed by atoms with E-state index in [0.717, 1.165) is 51.4 Å². The van der Waals surface area contributed by atoms with E-state index in [1.807, 2.05) is 0 Å². The first-order chi connectivity index (χ1) is 25.2. The quantitative estimate of drug-likeness (QED) is 0.0315. The van der Waals surface area contributed by atoms with Crippen LogP contribution < -0.4 is 5.32 Å². The standard InChI is InChI=1S/C41H77NO10/c1-3-5-7-9-11-13-15-16-17-18-19-21-22-24-26-28-33(44)36(46)32(31-51-41-39(49)38(48)37(47)35(30-43)52-41)42-40(50)34(45)29-27-25-23-20-14-12-10-8-6-4-2/h10,12,21-22,32-39,41,43-49H,3-9,11,13-20,23-31H2,1-2H3,(H,42,50)/b12-10-,22-21+. The van der Waals surface area contributed by atoms with Gasteiger partial charge in [0, 0.05) is 0 Å². The predicted octanol–water partition coefficient (Wildman–Crippen LogP) is 5.49. The van der Waals surface area contributed by atoms with E-state index in [9.17, 15) is 40.5 Å². The van der Waals surface area contributed by atoms with Gasteiger partial charge < -0.3 is 50.5 Å². The number of rotatable bonds is 33. The summed E-state index contributed by atoms with van der Waals surface area (Å²) >= 11 is 0. The summed E-state index contributed by atoms with van der Waals surface area (Å²) in [6, 6.07) is -1.18. The molecule has 1 aliphatic heterocycles. The molecule has 0 aromatic carbocycles. The molecule has 9 unspecified atom stereocenters. The molecule has 9 atom stereocenters. The van der Waals surface area contributed by atoms with Gasteiger partial charge in [0.05, 0.1) is 25.4 Å². The van der Waals surface area contributed by atoms with Crippen LogP contribution in [0.15, 0.2) is 24.3 Å². The third kappa shape index (κ3) is 22.1. The first kappa shape index (κ1) is 48.6. The van der Waals surface area contributed by atoms with Gasteiger partial charge in [0.15, 0.2) is 6.29 Å². The van der Waals surface area contributed by atoms with Gasteiger partial charge >= 0.3 is 0 Å². The Bertz CT molecular complexity index is 903. The first-order valence-electron chi connectivity index (χ1n) is 20.7. The molecule has 0 radical (unpaired) electrons. The second-order valence-corrected chi connectivity index (χ2v) is 14.7. The van der Waals surface area contributed by atoms with Gasteiger partial charge in [0.2, 0.25) is 5.91 Å². The molecule has 306 valence electrons. The van der Waals surface area contributed by atoms with E-state index in [-0.39, 0.29) is 12.8 Å². The van der Waals surface area contributed by atoms with Gasteiger partial charge in [-0.25, -0.2) is 0 Å². The molecule has 0 bridgehead atoms. The molecule has 1 amide bonds. The van der Waals surface area contributed by atoms with Crippen LogP contribution >= 0.6 is 0 Å². The van der Waals surface area contributed by atoms with Crippen LogP contribution in [0.1, 0.15) is 162 Å². The maximum Gasteiger partial charge on any atom is 0.249 e. The molecule has 1 rings (SSSR count). The predicted molar refractivity (Wildman–Crippen MR) is 205 cm³/mol.